The van der Waals surface area contributed by atoms with Gasteiger partial charge >= 0.3 is 0 Å². The maximum atomic E-state index is 12.3. The summed E-state index contributed by atoms with van der Waals surface area (Å²) >= 11 is 0. The van der Waals surface area contributed by atoms with Crippen LogP contribution in [0.15, 0.2) is 35.7 Å². The topological polar surface area (TPSA) is 54.5 Å². The van der Waals surface area contributed by atoms with Crippen molar-refractivity contribution in [3.63, 3.8) is 0 Å². The number of likely N-dealkylation sites (tertiary alicyclic amines) is 1. The van der Waals surface area contributed by atoms with E-state index in [0.717, 1.165) is 32.2 Å². The molecule has 0 N–H and O–H groups in total. The minimum absolute atomic E-state index is 0.160. The molecule has 0 aliphatic carbocycles. The summed E-state index contributed by atoms with van der Waals surface area (Å²) in [5.41, 5.74) is 0.657. The van der Waals surface area contributed by atoms with Gasteiger partial charge in [-0.15, -0.1) is 0 Å². The van der Waals surface area contributed by atoms with Crippen molar-refractivity contribution in [1.82, 2.24) is 4.90 Å². The number of carbonyl (C=O) groups excluding carboxylic acids is 1. The third kappa shape index (κ3) is 2.87. The molecule has 0 spiro atoms. The lowest BCUT2D eigenvalue weighted by molar-refractivity contribution is -0.123. The van der Waals surface area contributed by atoms with Crippen LogP contribution in [0.5, 0.6) is 0 Å². The number of hydrogen-bond donors (Lipinski definition) is 0. The average molecular weight is 279 g/mol. The molecule has 1 aromatic rings. The highest BCUT2D eigenvalue weighted by atomic mass is 32.2. The molecule has 1 fully saturated rings. The van der Waals surface area contributed by atoms with Gasteiger partial charge in [0.05, 0.1) is 4.90 Å². The third-order valence-electron chi connectivity index (χ3n) is 3.26. The molecule has 1 amide bonds. The van der Waals surface area contributed by atoms with Crippen LogP contribution in [0.25, 0.3) is 5.57 Å². The van der Waals surface area contributed by atoms with E-state index in [-0.39, 0.29) is 16.4 Å². The Labute approximate surface area is 113 Å². The largest absolute Gasteiger partial charge is 0.339 e. The summed E-state index contributed by atoms with van der Waals surface area (Å²) < 4.78 is 23.5. The molecule has 0 aromatic heterocycles. The van der Waals surface area contributed by atoms with Gasteiger partial charge in [-0.25, -0.2) is 8.42 Å². The van der Waals surface area contributed by atoms with Crippen LogP contribution < -0.4 is 0 Å². The summed E-state index contributed by atoms with van der Waals surface area (Å²) in [4.78, 5) is 14.1. The van der Waals surface area contributed by atoms with Crippen LogP contribution in [0, 0.1) is 0 Å². The normalized spacial score (nSPS) is 15.5. The maximum Gasteiger partial charge on any atom is 0.253 e. The van der Waals surface area contributed by atoms with Gasteiger partial charge in [0.2, 0.25) is 0 Å². The lowest BCUT2D eigenvalue weighted by atomic mass is 10.1. The van der Waals surface area contributed by atoms with Crippen LogP contribution in [0.2, 0.25) is 0 Å². The Morgan fingerprint density at radius 3 is 2.37 bits per heavy atom. The van der Waals surface area contributed by atoms with E-state index in [1.807, 2.05) is 0 Å². The summed E-state index contributed by atoms with van der Waals surface area (Å²) in [7, 11) is -3.37. The molecule has 0 unspecified atom stereocenters. The Balaban J connectivity index is 2.36. The van der Waals surface area contributed by atoms with Gasteiger partial charge in [-0.1, -0.05) is 24.8 Å². The number of hydrogen-bond acceptors (Lipinski definition) is 3. The lowest BCUT2D eigenvalue weighted by Gasteiger charge is -2.18. The average Bonchev–Trinajstić information content (AvgIpc) is 2.90. The highest BCUT2D eigenvalue weighted by Crippen LogP contribution is 2.25. The standard InChI is InChI=1S/C14H17NO3S/c1-11(14(16)15-9-5-6-10-15)12-7-3-4-8-13(12)19(2,17)18/h3-4,7-8H,1,5-6,9-10H2,2H3. The van der Waals surface area contributed by atoms with Crippen LogP contribution in [0.4, 0.5) is 0 Å². The smallest absolute Gasteiger partial charge is 0.253 e. The molecular formula is C14H17NO3S. The second kappa shape index (κ2) is 5.17. The van der Waals surface area contributed by atoms with Gasteiger partial charge in [0.25, 0.3) is 5.91 Å². The Bertz CT molecular complexity index is 613. The molecule has 1 heterocycles. The van der Waals surface area contributed by atoms with E-state index in [4.69, 9.17) is 0 Å². The number of carbonyl (C=O) groups is 1. The molecule has 0 atom stereocenters. The maximum absolute atomic E-state index is 12.3. The van der Waals surface area contributed by atoms with E-state index < -0.39 is 9.84 Å². The third-order valence-corrected chi connectivity index (χ3v) is 4.42. The molecule has 1 saturated heterocycles. The van der Waals surface area contributed by atoms with Gasteiger partial charge in [-0.3, -0.25) is 4.79 Å². The predicted molar refractivity (Wildman–Crippen MR) is 74.4 cm³/mol. The van der Waals surface area contributed by atoms with E-state index >= 15 is 0 Å². The molecule has 5 heteroatoms. The van der Waals surface area contributed by atoms with Crippen molar-refractivity contribution in [2.24, 2.45) is 0 Å². The number of sulfone groups is 1. The number of nitrogens with zero attached hydrogens (tertiary/aromatic N) is 1. The first-order valence-electron chi connectivity index (χ1n) is 6.19. The fourth-order valence-electron chi connectivity index (χ4n) is 2.27. The number of benzene rings is 1. The van der Waals surface area contributed by atoms with Gasteiger partial charge in [0, 0.05) is 30.5 Å². The summed E-state index contributed by atoms with van der Waals surface area (Å²) in [6.45, 7) is 5.23. The number of rotatable bonds is 3. The second-order valence-corrected chi connectivity index (χ2v) is 6.73. The van der Waals surface area contributed by atoms with Crippen molar-refractivity contribution in [3.05, 3.63) is 36.4 Å². The van der Waals surface area contributed by atoms with Crippen molar-refractivity contribution in [2.75, 3.05) is 19.3 Å². The monoisotopic (exact) mass is 279 g/mol. The Kier molecular flexibility index (Phi) is 3.75. The van der Waals surface area contributed by atoms with E-state index in [2.05, 4.69) is 6.58 Å². The van der Waals surface area contributed by atoms with Gasteiger partial charge < -0.3 is 4.90 Å². The van der Waals surface area contributed by atoms with Crippen LogP contribution in [-0.4, -0.2) is 38.6 Å². The zero-order valence-electron chi connectivity index (χ0n) is 10.9. The fourth-order valence-corrected chi connectivity index (χ4v) is 3.18. The van der Waals surface area contributed by atoms with Crippen molar-refractivity contribution >= 4 is 21.3 Å². The summed E-state index contributed by atoms with van der Waals surface area (Å²) in [5, 5.41) is 0. The zero-order valence-corrected chi connectivity index (χ0v) is 11.7. The summed E-state index contributed by atoms with van der Waals surface area (Å²) in [5.74, 6) is -0.173. The highest BCUT2D eigenvalue weighted by Gasteiger charge is 2.24. The van der Waals surface area contributed by atoms with Crippen molar-refractivity contribution in [1.29, 1.82) is 0 Å². The highest BCUT2D eigenvalue weighted by molar-refractivity contribution is 7.90. The Morgan fingerprint density at radius 2 is 1.79 bits per heavy atom. The van der Waals surface area contributed by atoms with Crippen LogP contribution in [-0.2, 0) is 14.6 Å². The Hall–Kier alpha value is -1.62. The Morgan fingerprint density at radius 1 is 1.21 bits per heavy atom. The molecule has 4 nitrogen and oxygen atoms in total. The molecule has 1 aliphatic heterocycles. The molecule has 19 heavy (non-hydrogen) atoms. The SMILES string of the molecule is C=C(C(=O)N1CCCC1)c1ccccc1S(C)(=O)=O. The molecule has 1 aromatic carbocycles. The van der Waals surface area contributed by atoms with Crippen molar-refractivity contribution < 1.29 is 13.2 Å². The second-order valence-electron chi connectivity index (χ2n) is 4.75. The molecule has 0 bridgehead atoms. The van der Waals surface area contributed by atoms with E-state index in [1.165, 1.54) is 6.07 Å². The predicted octanol–water partition coefficient (Wildman–Crippen LogP) is 1.73. The summed E-state index contributed by atoms with van der Waals surface area (Å²) in [6.07, 6.45) is 3.12. The molecule has 2 rings (SSSR count). The van der Waals surface area contributed by atoms with Crippen LogP contribution in [0.1, 0.15) is 18.4 Å². The molecule has 0 saturated carbocycles. The van der Waals surface area contributed by atoms with E-state index in [1.54, 1.807) is 23.1 Å². The molecule has 0 radical (unpaired) electrons. The lowest BCUT2D eigenvalue weighted by Crippen LogP contribution is -2.28. The molecular weight excluding hydrogens is 262 g/mol. The van der Waals surface area contributed by atoms with Crippen LogP contribution >= 0.6 is 0 Å². The number of amides is 1. The van der Waals surface area contributed by atoms with Gasteiger partial charge in [-0.2, -0.15) is 0 Å². The quantitative estimate of drug-likeness (QED) is 0.792. The minimum atomic E-state index is -3.37. The fraction of sp³-hybridized carbons (Fsp3) is 0.357. The first-order chi connectivity index (χ1) is 8.91. The molecule has 1 aliphatic rings. The van der Waals surface area contributed by atoms with Gasteiger partial charge in [0.15, 0.2) is 9.84 Å². The summed E-state index contributed by atoms with van der Waals surface area (Å²) in [6, 6.07) is 6.50. The van der Waals surface area contributed by atoms with E-state index in [0.29, 0.717) is 5.56 Å². The zero-order chi connectivity index (χ0) is 14.0. The minimum Gasteiger partial charge on any atom is -0.339 e. The van der Waals surface area contributed by atoms with Gasteiger partial charge in [0.1, 0.15) is 0 Å². The molecule has 102 valence electrons. The van der Waals surface area contributed by atoms with Crippen molar-refractivity contribution in [3.8, 4) is 0 Å². The first-order valence-corrected chi connectivity index (χ1v) is 8.08. The van der Waals surface area contributed by atoms with E-state index in [9.17, 15) is 13.2 Å². The first kappa shape index (κ1) is 13.8. The van der Waals surface area contributed by atoms with Gasteiger partial charge in [-0.05, 0) is 18.9 Å². The van der Waals surface area contributed by atoms with Crippen LogP contribution in [0.3, 0.4) is 0 Å². The van der Waals surface area contributed by atoms with Crippen molar-refractivity contribution in [2.45, 2.75) is 17.7 Å².